The molecule has 9 heavy (non-hydrogen) atoms. The molecule has 0 aromatic rings. The van der Waals surface area contributed by atoms with Gasteiger partial charge >= 0.3 is 5.97 Å². The minimum absolute atomic E-state index is 0.192. The molecule has 0 spiro atoms. The average Bonchev–Trinajstić information content (AvgIpc) is 1.87. The SMILES string of the molecule is CCOC(=O)/C(C)=N/N. The van der Waals surface area contributed by atoms with E-state index in [4.69, 9.17) is 5.84 Å². The molecule has 0 radical (unpaired) electrons. The van der Waals surface area contributed by atoms with E-state index >= 15 is 0 Å². The summed E-state index contributed by atoms with van der Waals surface area (Å²) in [6.07, 6.45) is 0. The lowest BCUT2D eigenvalue weighted by Gasteiger charge is -1.96. The highest BCUT2D eigenvalue weighted by atomic mass is 16.5. The number of hydrogen-bond acceptors (Lipinski definition) is 4. The first-order valence-electron chi connectivity index (χ1n) is 2.64. The van der Waals surface area contributed by atoms with Crippen LogP contribution in [0.2, 0.25) is 0 Å². The van der Waals surface area contributed by atoms with Crippen molar-refractivity contribution in [2.24, 2.45) is 10.9 Å². The maximum atomic E-state index is 10.5. The Morgan fingerprint density at radius 2 is 2.33 bits per heavy atom. The lowest BCUT2D eigenvalue weighted by molar-refractivity contribution is -0.135. The van der Waals surface area contributed by atoms with Crippen molar-refractivity contribution in [2.45, 2.75) is 13.8 Å². The molecule has 4 heteroatoms. The van der Waals surface area contributed by atoms with E-state index in [-0.39, 0.29) is 5.71 Å². The summed E-state index contributed by atoms with van der Waals surface area (Å²) in [5.41, 5.74) is 0.192. The Hall–Kier alpha value is -1.06. The molecular weight excluding hydrogens is 120 g/mol. The molecule has 2 N–H and O–H groups in total. The molecule has 52 valence electrons. The third-order valence-electron chi connectivity index (χ3n) is 0.764. The van der Waals surface area contributed by atoms with E-state index in [0.29, 0.717) is 6.61 Å². The van der Waals surface area contributed by atoms with Crippen molar-refractivity contribution < 1.29 is 9.53 Å². The Kier molecular flexibility index (Phi) is 3.43. The fourth-order valence-corrected chi connectivity index (χ4v) is 0.288. The molecule has 0 atom stereocenters. The first-order valence-corrected chi connectivity index (χ1v) is 2.64. The summed E-state index contributed by atoms with van der Waals surface area (Å²) in [6, 6.07) is 0. The van der Waals surface area contributed by atoms with Crippen molar-refractivity contribution in [2.75, 3.05) is 6.61 Å². The van der Waals surface area contributed by atoms with Gasteiger partial charge in [0, 0.05) is 0 Å². The number of nitrogens with zero attached hydrogens (tertiary/aromatic N) is 1. The van der Waals surface area contributed by atoms with Crippen LogP contribution in [0.1, 0.15) is 13.8 Å². The molecule has 0 saturated heterocycles. The van der Waals surface area contributed by atoms with E-state index in [9.17, 15) is 4.79 Å². The van der Waals surface area contributed by atoms with E-state index < -0.39 is 5.97 Å². The fraction of sp³-hybridized carbons (Fsp3) is 0.600. The standard InChI is InChI=1S/C5H10N2O2/c1-3-9-5(8)4(2)7-6/h3,6H2,1-2H3/b7-4+. The van der Waals surface area contributed by atoms with Crippen LogP contribution in [0, 0.1) is 0 Å². The quantitative estimate of drug-likeness (QED) is 0.245. The van der Waals surface area contributed by atoms with Crippen LogP contribution >= 0.6 is 0 Å². The van der Waals surface area contributed by atoms with Gasteiger partial charge < -0.3 is 10.6 Å². The van der Waals surface area contributed by atoms with E-state index in [1.165, 1.54) is 6.92 Å². The largest absolute Gasteiger partial charge is 0.461 e. The second-order valence-corrected chi connectivity index (χ2v) is 1.43. The van der Waals surface area contributed by atoms with Gasteiger partial charge in [-0.15, -0.1) is 0 Å². The third-order valence-corrected chi connectivity index (χ3v) is 0.764. The Labute approximate surface area is 53.7 Å². The van der Waals surface area contributed by atoms with Gasteiger partial charge in [0.25, 0.3) is 0 Å². The summed E-state index contributed by atoms with van der Waals surface area (Å²) in [6.45, 7) is 3.57. The second kappa shape index (κ2) is 3.88. The van der Waals surface area contributed by atoms with Gasteiger partial charge in [-0.25, -0.2) is 4.79 Å². The van der Waals surface area contributed by atoms with Crippen LogP contribution < -0.4 is 5.84 Å². The van der Waals surface area contributed by atoms with Crippen molar-refractivity contribution in [1.29, 1.82) is 0 Å². The molecule has 0 aliphatic heterocycles. The molecule has 0 fully saturated rings. The van der Waals surface area contributed by atoms with Crippen molar-refractivity contribution in [3.8, 4) is 0 Å². The van der Waals surface area contributed by atoms with Gasteiger partial charge in [0.05, 0.1) is 6.61 Å². The van der Waals surface area contributed by atoms with E-state index in [1.54, 1.807) is 6.92 Å². The molecule has 0 aliphatic carbocycles. The summed E-state index contributed by atoms with van der Waals surface area (Å²) < 4.78 is 4.54. The molecule has 0 bridgehead atoms. The fourth-order valence-electron chi connectivity index (χ4n) is 0.288. The molecule has 0 unspecified atom stereocenters. The Balaban J connectivity index is 3.74. The number of esters is 1. The molecular formula is C5H10N2O2. The van der Waals surface area contributed by atoms with E-state index in [2.05, 4.69) is 9.84 Å². The molecule has 4 nitrogen and oxygen atoms in total. The molecule has 0 heterocycles. The monoisotopic (exact) mass is 130 g/mol. The summed E-state index contributed by atoms with van der Waals surface area (Å²) in [7, 11) is 0. The predicted octanol–water partition coefficient (Wildman–Crippen LogP) is -0.116. The minimum atomic E-state index is -0.458. The Bertz CT molecular complexity index is 131. The van der Waals surface area contributed by atoms with Crippen LogP contribution in [0.3, 0.4) is 0 Å². The highest BCUT2D eigenvalue weighted by Gasteiger charge is 2.03. The van der Waals surface area contributed by atoms with Gasteiger partial charge in [-0.05, 0) is 13.8 Å². The van der Waals surface area contributed by atoms with E-state index in [1.807, 2.05) is 0 Å². The van der Waals surface area contributed by atoms with Crippen molar-refractivity contribution in [1.82, 2.24) is 0 Å². The number of carbonyl (C=O) groups excluding carboxylic acids is 1. The van der Waals surface area contributed by atoms with Crippen LogP contribution in [-0.4, -0.2) is 18.3 Å². The Morgan fingerprint density at radius 3 is 2.67 bits per heavy atom. The smallest absolute Gasteiger partial charge is 0.354 e. The number of nitrogens with two attached hydrogens (primary N) is 1. The summed E-state index contributed by atoms with van der Waals surface area (Å²) in [5, 5.41) is 3.15. The van der Waals surface area contributed by atoms with Gasteiger partial charge in [-0.1, -0.05) is 0 Å². The topological polar surface area (TPSA) is 64.7 Å². The molecule has 0 aromatic carbocycles. The molecule has 0 aliphatic rings. The predicted molar refractivity (Wildman–Crippen MR) is 33.9 cm³/mol. The molecule has 0 saturated carbocycles. The van der Waals surface area contributed by atoms with Crippen LogP contribution in [-0.2, 0) is 9.53 Å². The number of ether oxygens (including phenoxy) is 1. The lowest BCUT2D eigenvalue weighted by Crippen LogP contribution is -2.15. The van der Waals surface area contributed by atoms with Gasteiger partial charge in [0.1, 0.15) is 5.71 Å². The average molecular weight is 130 g/mol. The molecule has 0 amide bonds. The zero-order chi connectivity index (χ0) is 7.28. The van der Waals surface area contributed by atoms with Gasteiger partial charge in [-0.3, -0.25) is 0 Å². The minimum Gasteiger partial charge on any atom is -0.461 e. The van der Waals surface area contributed by atoms with Crippen molar-refractivity contribution in [3.63, 3.8) is 0 Å². The maximum Gasteiger partial charge on any atom is 0.354 e. The van der Waals surface area contributed by atoms with Crippen LogP contribution in [0.15, 0.2) is 5.10 Å². The number of rotatable bonds is 2. The zero-order valence-electron chi connectivity index (χ0n) is 5.55. The van der Waals surface area contributed by atoms with E-state index in [0.717, 1.165) is 0 Å². The zero-order valence-corrected chi connectivity index (χ0v) is 5.55. The molecule has 0 rings (SSSR count). The number of carbonyl (C=O) groups is 1. The third kappa shape index (κ3) is 2.69. The lowest BCUT2D eigenvalue weighted by atomic mass is 10.4. The van der Waals surface area contributed by atoms with Gasteiger partial charge in [0.15, 0.2) is 0 Å². The highest BCUT2D eigenvalue weighted by molar-refractivity contribution is 6.35. The highest BCUT2D eigenvalue weighted by Crippen LogP contribution is 1.80. The van der Waals surface area contributed by atoms with Crippen molar-refractivity contribution >= 4 is 11.7 Å². The van der Waals surface area contributed by atoms with Crippen LogP contribution in [0.5, 0.6) is 0 Å². The summed E-state index contributed by atoms with van der Waals surface area (Å²) in [4.78, 5) is 10.5. The normalized spacial score (nSPS) is 11.1. The van der Waals surface area contributed by atoms with Crippen LogP contribution in [0.25, 0.3) is 0 Å². The molecule has 0 aromatic heterocycles. The van der Waals surface area contributed by atoms with Crippen molar-refractivity contribution in [3.05, 3.63) is 0 Å². The first kappa shape index (κ1) is 7.94. The first-order chi connectivity index (χ1) is 4.22. The van der Waals surface area contributed by atoms with Gasteiger partial charge in [0.2, 0.25) is 0 Å². The number of hydrogen-bond donors (Lipinski definition) is 1. The summed E-state index contributed by atoms with van der Waals surface area (Å²) >= 11 is 0. The summed E-state index contributed by atoms with van der Waals surface area (Å²) in [5.74, 6) is 4.33. The number of hydrazone groups is 1. The second-order valence-electron chi connectivity index (χ2n) is 1.43. The maximum absolute atomic E-state index is 10.5. The Morgan fingerprint density at radius 1 is 1.78 bits per heavy atom. The van der Waals surface area contributed by atoms with Gasteiger partial charge in [-0.2, -0.15) is 5.10 Å². The van der Waals surface area contributed by atoms with Crippen LogP contribution in [0.4, 0.5) is 0 Å².